The second-order valence-corrected chi connectivity index (χ2v) is 7.48. The Kier molecular flexibility index (Phi) is 5.38. The predicted octanol–water partition coefficient (Wildman–Crippen LogP) is 0.894. The molecule has 0 aromatic carbocycles. The van der Waals surface area contributed by atoms with E-state index in [1.807, 2.05) is 17.9 Å². The van der Waals surface area contributed by atoms with Crippen molar-refractivity contribution in [1.82, 2.24) is 24.8 Å². The van der Waals surface area contributed by atoms with Gasteiger partial charge in [-0.1, -0.05) is 0 Å². The zero-order valence-corrected chi connectivity index (χ0v) is 16.6. The molecule has 8 nitrogen and oxygen atoms in total. The smallest absolute Gasteiger partial charge is 0.255 e. The topological polar surface area (TPSA) is 68.7 Å². The van der Waals surface area contributed by atoms with Gasteiger partial charge in [0.05, 0.1) is 5.56 Å². The number of piperazine rings is 2. The lowest BCUT2D eigenvalue weighted by Crippen LogP contribution is -2.49. The van der Waals surface area contributed by atoms with Crippen molar-refractivity contribution < 1.29 is 4.79 Å². The summed E-state index contributed by atoms with van der Waals surface area (Å²) in [5.74, 6) is 1.81. The van der Waals surface area contributed by atoms with E-state index >= 15 is 0 Å². The summed E-state index contributed by atoms with van der Waals surface area (Å²) in [6.45, 7) is 8.88. The van der Waals surface area contributed by atoms with Crippen molar-refractivity contribution >= 4 is 17.7 Å². The quantitative estimate of drug-likeness (QED) is 0.782. The maximum absolute atomic E-state index is 12.6. The molecule has 2 aromatic rings. The van der Waals surface area contributed by atoms with Crippen LogP contribution < -0.4 is 9.80 Å². The summed E-state index contributed by atoms with van der Waals surface area (Å²) in [5.41, 5.74) is 1.62. The summed E-state index contributed by atoms with van der Waals surface area (Å²) < 4.78 is 0. The van der Waals surface area contributed by atoms with Crippen LogP contribution in [0, 0.1) is 6.92 Å². The van der Waals surface area contributed by atoms with E-state index in [9.17, 15) is 4.79 Å². The maximum Gasteiger partial charge on any atom is 0.255 e. The van der Waals surface area contributed by atoms with E-state index in [1.54, 1.807) is 18.5 Å². The van der Waals surface area contributed by atoms with E-state index in [-0.39, 0.29) is 5.91 Å². The van der Waals surface area contributed by atoms with Crippen LogP contribution in [0.25, 0.3) is 0 Å². The molecule has 4 rings (SSSR count). The second kappa shape index (κ2) is 8.10. The third-order valence-electron chi connectivity index (χ3n) is 5.41. The Morgan fingerprint density at radius 2 is 1.68 bits per heavy atom. The van der Waals surface area contributed by atoms with Gasteiger partial charge in [0.25, 0.3) is 5.91 Å². The zero-order chi connectivity index (χ0) is 19.5. The molecule has 0 aliphatic carbocycles. The molecule has 0 spiro atoms. The number of aromatic nitrogens is 3. The minimum atomic E-state index is 0.0380. The summed E-state index contributed by atoms with van der Waals surface area (Å²) >= 11 is 0. The first kappa shape index (κ1) is 18.6. The number of rotatable bonds is 3. The van der Waals surface area contributed by atoms with Gasteiger partial charge in [-0.3, -0.25) is 9.78 Å². The van der Waals surface area contributed by atoms with Gasteiger partial charge in [-0.05, 0) is 26.1 Å². The molecule has 4 heterocycles. The lowest BCUT2D eigenvalue weighted by atomic mass is 10.2. The lowest BCUT2D eigenvalue weighted by molar-refractivity contribution is 0.0746. The Morgan fingerprint density at radius 1 is 0.964 bits per heavy atom. The van der Waals surface area contributed by atoms with Gasteiger partial charge >= 0.3 is 0 Å². The van der Waals surface area contributed by atoms with Crippen LogP contribution in [0.4, 0.5) is 11.8 Å². The van der Waals surface area contributed by atoms with Crippen molar-refractivity contribution in [3.05, 3.63) is 41.9 Å². The van der Waals surface area contributed by atoms with Gasteiger partial charge in [-0.15, -0.1) is 0 Å². The first-order chi connectivity index (χ1) is 13.6. The maximum atomic E-state index is 12.6. The van der Waals surface area contributed by atoms with E-state index < -0.39 is 0 Å². The normalized spacial score (nSPS) is 18.4. The Balaban J connectivity index is 1.42. The molecule has 1 amide bonds. The number of nitrogens with zero attached hydrogens (tertiary/aromatic N) is 7. The second-order valence-electron chi connectivity index (χ2n) is 7.48. The number of carbonyl (C=O) groups is 1. The van der Waals surface area contributed by atoms with Gasteiger partial charge in [0.15, 0.2) is 0 Å². The van der Waals surface area contributed by atoms with E-state index in [0.717, 1.165) is 56.7 Å². The highest BCUT2D eigenvalue weighted by Gasteiger charge is 2.25. The number of hydrogen-bond acceptors (Lipinski definition) is 7. The first-order valence-corrected chi connectivity index (χ1v) is 9.83. The fraction of sp³-hybridized carbons (Fsp3) is 0.500. The molecule has 0 atom stereocenters. The molecular formula is C20H27N7O. The molecule has 2 aromatic heterocycles. The minimum absolute atomic E-state index is 0.0380. The number of hydrogen-bond donors (Lipinski definition) is 0. The van der Waals surface area contributed by atoms with E-state index in [4.69, 9.17) is 4.98 Å². The standard InChI is InChI=1S/C20H27N7O/c1-16-14-18(25-8-6-24(2)7-9-25)23-20(22-16)27-12-10-26(11-13-27)19(28)17-4-3-5-21-15-17/h3-5,14-15H,6-13H2,1-2H3. The van der Waals surface area contributed by atoms with Crippen molar-refractivity contribution in [2.45, 2.75) is 6.92 Å². The average molecular weight is 381 g/mol. The van der Waals surface area contributed by atoms with E-state index in [1.165, 1.54) is 0 Å². The van der Waals surface area contributed by atoms with Crippen LogP contribution in [0.1, 0.15) is 16.1 Å². The molecule has 2 aliphatic rings. The lowest BCUT2D eigenvalue weighted by Gasteiger charge is -2.36. The Hall–Kier alpha value is -2.74. The number of likely N-dealkylation sites (N-methyl/N-ethyl adjacent to an activating group) is 1. The Labute approximate surface area is 165 Å². The van der Waals surface area contributed by atoms with Crippen LogP contribution in [0.5, 0.6) is 0 Å². The fourth-order valence-corrected chi connectivity index (χ4v) is 3.66. The van der Waals surface area contributed by atoms with Crippen molar-refractivity contribution in [3.8, 4) is 0 Å². The first-order valence-electron chi connectivity index (χ1n) is 9.83. The Morgan fingerprint density at radius 3 is 2.36 bits per heavy atom. The molecule has 28 heavy (non-hydrogen) atoms. The van der Waals surface area contributed by atoms with E-state index in [0.29, 0.717) is 18.7 Å². The summed E-state index contributed by atoms with van der Waals surface area (Å²) in [6, 6.07) is 5.68. The molecule has 2 saturated heterocycles. The third kappa shape index (κ3) is 4.06. The molecule has 2 aliphatic heterocycles. The molecule has 0 unspecified atom stereocenters. The number of amides is 1. The van der Waals surface area contributed by atoms with Crippen LogP contribution in [0.2, 0.25) is 0 Å². The van der Waals surface area contributed by atoms with Crippen LogP contribution in [0.15, 0.2) is 30.6 Å². The Bertz CT molecular complexity index is 813. The predicted molar refractivity (Wildman–Crippen MR) is 109 cm³/mol. The highest BCUT2D eigenvalue weighted by Crippen LogP contribution is 2.20. The molecule has 0 saturated carbocycles. The number of pyridine rings is 1. The highest BCUT2D eigenvalue weighted by molar-refractivity contribution is 5.94. The SMILES string of the molecule is Cc1cc(N2CCN(C)CC2)nc(N2CCN(C(=O)c3cccnc3)CC2)n1. The average Bonchev–Trinajstić information content (AvgIpc) is 2.74. The number of carbonyl (C=O) groups excluding carboxylic acids is 1. The van der Waals surface area contributed by atoms with E-state index in [2.05, 4.69) is 37.8 Å². The van der Waals surface area contributed by atoms with Crippen molar-refractivity contribution in [1.29, 1.82) is 0 Å². The molecule has 8 heteroatoms. The summed E-state index contributed by atoms with van der Waals surface area (Å²) in [7, 11) is 2.15. The van der Waals surface area contributed by atoms with Gasteiger partial charge in [-0.2, -0.15) is 4.98 Å². The summed E-state index contributed by atoms with van der Waals surface area (Å²) in [4.78, 5) is 34.9. The van der Waals surface area contributed by atoms with Gasteiger partial charge in [-0.25, -0.2) is 4.98 Å². The fourth-order valence-electron chi connectivity index (χ4n) is 3.66. The summed E-state index contributed by atoms with van der Waals surface area (Å²) in [6.07, 6.45) is 3.31. The minimum Gasteiger partial charge on any atom is -0.354 e. The van der Waals surface area contributed by atoms with Gasteiger partial charge in [0.1, 0.15) is 5.82 Å². The molecule has 2 fully saturated rings. The highest BCUT2D eigenvalue weighted by atomic mass is 16.2. The third-order valence-corrected chi connectivity index (χ3v) is 5.41. The van der Waals surface area contributed by atoms with Crippen molar-refractivity contribution in [3.63, 3.8) is 0 Å². The van der Waals surface area contributed by atoms with Gasteiger partial charge in [0, 0.05) is 76.5 Å². The molecular weight excluding hydrogens is 354 g/mol. The molecule has 0 radical (unpaired) electrons. The molecule has 0 N–H and O–H groups in total. The van der Waals surface area contributed by atoms with Crippen LogP contribution in [-0.4, -0.2) is 90.1 Å². The molecule has 0 bridgehead atoms. The van der Waals surface area contributed by atoms with Gasteiger partial charge < -0.3 is 19.6 Å². The van der Waals surface area contributed by atoms with Crippen LogP contribution >= 0.6 is 0 Å². The molecule has 148 valence electrons. The van der Waals surface area contributed by atoms with Crippen molar-refractivity contribution in [2.24, 2.45) is 0 Å². The zero-order valence-electron chi connectivity index (χ0n) is 16.6. The van der Waals surface area contributed by atoms with Gasteiger partial charge in [0.2, 0.25) is 5.95 Å². The summed E-state index contributed by atoms with van der Waals surface area (Å²) in [5, 5.41) is 0. The largest absolute Gasteiger partial charge is 0.354 e. The van der Waals surface area contributed by atoms with Crippen molar-refractivity contribution in [2.75, 3.05) is 69.2 Å². The van der Waals surface area contributed by atoms with Crippen LogP contribution in [-0.2, 0) is 0 Å². The number of anilines is 2. The van der Waals surface area contributed by atoms with Crippen LogP contribution in [0.3, 0.4) is 0 Å². The number of aryl methyl sites for hydroxylation is 1. The monoisotopic (exact) mass is 381 g/mol.